The van der Waals surface area contributed by atoms with Crippen LogP contribution in [0.5, 0.6) is 5.75 Å². The van der Waals surface area contributed by atoms with Gasteiger partial charge in [0.2, 0.25) is 5.95 Å². The number of aromatic nitrogens is 2. The van der Waals surface area contributed by atoms with E-state index in [-0.39, 0.29) is 24.0 Å². The fourth-order valence-electron chi connectivity index (χ4n) is 3.02. The molecule has 28 heavy (non-hydrogen) atoms. The predicted molar refractivity (Wildman–Crippen MR) is 124 cm³/mol. The zero-order chi connectivity index (χ0) is 18.9. The van der Waals surface area contributed by atoms with Crippen molar-refractivity contribution < 1.29 is 4.74 Å². The molecule has 2 aromatic rings. The van der Waals surface area contributed by atoms with E-state index in [0.29, 0.717) is 13.2 Å². The van der Waals surface area contributed by atoms with Gasteiger partial charge in [-0.05, 0) is 37.6 Å². The van der Waals surface area contributed by atoms with Crippen molar-refractivity contribution in [2.24, 2.45) is 4.99 Å². The number of hydrogen-bond acceptors (Lipinski definition) is 5. The summed E-state index contributed by atoms with van der Waals surface area (Å²) < 4.78 is 5.80. The van der Waals surface area contributed by atoms with Crippen molar-refractivity contribution in [3.63, 3.8) is 0 Å². The first-order valence-corrected chi connectivity index (χ1v) is 9.51. The van der Waals surface area contributed by atoms with E-state index in [1.54, 1.807) is 12.4 Å². The van der Waals surface area contributed by atoms with Gasteiger partial charge >= 0.3 is 0 Å². The Morgan fingerprint density at radius 2 is 1.89 bits per heavy atom. The number of aliphatic imine (C=N–C) groups is 1. The second-order valence-electron chi connectivity index (χ2n) is 6.42. The normalized spacial score (nSPS) is 14.4. The van der Waals surface area contributed by atoms with Crippen molar-refractivity contribution >= 4 is 35.9 Å². The quantitative estimate of drug-likeness (QED) is 0.287. The van der Waals surface area contributed by atoms with Crippen LogP contribution in [0.3, 0.4) is 0 Å². The summed E-state index contributed by atoms with van der Waals surface area (Å²) in [5, 5.41) is 3.39. The zero-order valence-corrected chi connectivity index (χ0v) is 18.9. The van der Waals surface area contributed by atoms with E-state index >= 15 is 0 Å². The van der Waals surface area contributed by atoms with Crippen molar-refractivity contribution in [2.75, 3.05) is 50.8 Å². The topological polar surface area (TPSA) is 65.9 Å². The van der Waals surface area contributed by atoms with Gasteiger partial charge in [-0.25, -0.2) is 15.0 Å². The van der Waals surface area contributed by atoms with E-state index in [4.69, 9.17) is 9.73 Å². The molecule has 1 fully saturated rings. The molecule has 0 saturated carbocycles. The molecule has 1 aromatic carbocycles. The van der Waals surface area contributed by atoms with E-state index in [9.17, 15) is 0 Å². The van der Waals surface area contributed by atoms with E-state index in [1.165, 1.54) is 5.56 Å². The molecule has 7 nitrogen and oxygen atoms in total. The van der Waals surface area contributed by atoms with Crippen LogP contribution in [0.1, 0.15) is 12.5 Å². The van der Waals surface area contributed by atoms with Gasteiger partial charge in [-0.3, -0.25) is 0 Å². The molecule has 152 valence electrons. The molecule has 1 aliphatic rings. The van der Waals surface area contributed by atoms with Crippen molar-refractivity contribution in [1.82, 2.24) is 20.2 Å². The van der Waals surface area contributed by atoms with Crippen molar-refractivity contribution in [2.45, 2.75) is 13.8 Å². The molecule has 1 N–H and O–H groups in total. The van der Waals surface area contributed by atoms with E-state index in [2.05, 4.69) is 45.0 Å². The van der Waals surface area contributed by atoms with Crippen LogP contribution in [0, 0.1) is 6.92 Å². The summed E-state index contributed by atoms with van der Waals surface area (Å²) in [6.07, 6.45) is 3.57. The number of hydrogen-bond donors (Lipinski definition) is 1. The molecule has 8 heteroatoms. The lowest BCUT2D eigenvalue weighted by Crippen LogP contribution is -2.53. The van der Waals surface area contributed by atoms with Gasteiger partial charge in [-0.2, -0.15) is 0 Å². The molecule has 0 radical (unpaired) electrons. The third kappa shape index (κ3) is 6.50. The molecule has 1 saturated heterocycles. The van der Waals surface area contributed by atoms with Gasteiger partial charge in [0.05, 0.1) is 6.54 Å². The Labute approximate surface area is 184 Å². The summed E-state index contributed by atoms with van der Waals surface area (Å²) in [6, 6.07) is 9.93. The maximum absolute atomic E-state index is 5.80. The van der Waals surface area contributed by atoms with Gasteiger partial charge in [0.15, 0.2) is 5.96 Å². The summed E-state index contributed by atoms with van der Waals surface area (Å²) in [5.74, 6) is 2.64. The number of rotatable bonds is 6. The molecule has 0 atom stereocenters. The van der Waals surface area contributed by atoms with Crippen LogP contribution < -0.4 is 15.0 Å². The highest BCUT2D eigenvalue weighted by molar-refractivity contribution is 14.0. The first-order valence-electron chi connectivity index (χ1n) is 9.51. The minimum Gasteiger partial charge on any atom is -0.492 e. The Hall–Kier alpha value is -2.10. The van der Waals surface area contributed by atoms with Crippen LogP contribution in [0.2, 0.25) is 0 Å². The first kappa shape index (κ1) is 22.2. The average molecular weight is 496 g/mol. The standard InChI is InChI=1S/C20H28N6O.HI/c1-3-21-19(24-10-15-27-18-7-4-6-17(2)16-18)25-11-13-26(14-12-25)20-22-8-5-9-23-20;/h4-9,16H,3,10-15H2,1-2H3,(H,21,24);1H. The van der Waals surface area contributed by atoms with Crippen molar-refractivity contribution in [1.29, 1.82) is 0 Å². The first-order chi connectivity index (χ1) is 13.3. The van der Waals surface area contributed by atoms with Crippen LogP contribution in [-0.4, -0.2) is 66.7 Å². The molecule has 0 spiro atoms. The van der Waals surface area contributed by atoms with E-state index in [0.717, 1.165) is 50.4 Å². The molecule has 3 rings (SSSR count). The molecule has 1 aliphatic heterocycles. The molecule has 1 aromatic heterocycles. The Morgan fingerprint density at radius 1 is 1.14 bits per heavy atom. The number of aryl methyl sites for hydroxylation is 1. The summed E-state index contributed by atoms with van der Waals surface area (Å²) in [4.78, 5) is 17.9. The number of piperazine rings is 1. The summed E-state index contributed by atoms with van der Waals surface area (Å²) >= 11 is 0. The van der Waals surface area contributed by atoms with Crippen molar-refractivity contribution in [3.05, 3.63) is 48.3 Å². The minimum atomic E-state index is 0. The van der Waals surface area contributed by atoms with Crippen molar-refractivity contribution in [3.8, 4) is 5.75 Å². The second kappa shape index (κ2) is 11.7. The maximum atomic E-state index is 5.80. The van der Waals surface area contributed by atoms with Crippen LogP contribution >= 0.6 is 24.0 Å². The van der Waals surface area contributed by atoms with Gasteiger partial charge in [0.25, 0.3) is 0 Å². The van der Waals surface area contributed by atoms with Gasteiger partial charge < -0.3 is 19.9 Å². The Balaban J connectivity index is 0.00000280. The van der Waals surface area contributed by atoms with Gasteiger partial charge in [-0.1, -0.05) is 12.1 Å². The molecule has 0 aliphatic carbocycles. The van der Waals surface area contributed by atoms with Crippen LogP contribution in [-0.2, 0) is 0 Å². The Morgan fingerprint density at radius 3 is 2.57 bits per heavy atom. The molecular weight excluding hydrogens is 467 g/mol. The monoisotopic (exact) mass is 496 g/mol. The van der Waals surface area contributed by atoms with Gasteiger partial charge in [-0.15, -0.1) is 24.0 Å². The number of ether oxygens (including phenoxy) is 1. The number of anilines is 1. The minimum absolute atomic E-state index is 0. The largest absolute Gasteiger partial charge is 0.492 e. The third-order valence-electron chi connectivity index (χ3n) is 4.36. The lowest BCUT2D eigenvalue weighted by molar-refractivity contribution is 0.325. The van der Waals surface area contributed by atoms with Crippen LogP contribution in [0.15, 0.2) is 47.7 Å². The molecule has 0 amide bonds. The Bertz CT molecular complexity index is 734. The highest BCUT2D eigenvalue weighted by Crippen LogP contribution is 2.12. The van der Waals surface area contributed by atoms with Crippen LogP contribution in [0.4, 0.5) is 5.95 Å². The predicted octanol–water partition coefficient (Wildman–Crippen LogP) is 2.57. The summed E-state index contributed by atoms with van der Waals surface area (Å²) in [7, 11) is 0. The number of guanidine groups is 1. The van der Waals surface area contributed by atoms with Gasteiger partial charge in [0.1, 0.15) is 12.4 Å². The average Bonchev–Trinajstić information content (AvgIpc) is 2.71. The van der Waals surface area contributed by atoms with E-state index < -0.39 is 0 Å². The summed E-state index contributed by atoms with van der Waals surface area (Å²) in [5.41, 5.74) is 1.20. The molecule has 0 unspecified atom stereocenters. The fraction of sp³-hybridized carbons (Fsp3) is 0.450. The number of benzene rings is 1. The third-order valence-corrected chi connectivity index (χ3v) is 4.36. The van der Waals surface area contributed by atoms with Gasteiger partial charge in [0, 0.05) is 45.1 Å². The molecular formula is C20H29IN6O. The number of nitrogens with zero attached hydrogens (tertiary/aromatic N) is 5. The molecule has 2 heterocycles. The lowest BCUT2D eigenvalue weighted by atomic mass is 10.2. The lowest BCUT2D eigenvalue weighted by Gasteiger charge is -2.36. The number of halogens is 1. The summed E-state index contributed by atoms with van der Waals surface area (Å²) in [6.45, 7) is 9.74. The Kier molecular flexibility index (Phi) is 9.26. The molecule has 0 bridgehead atoms. The fourth-order valence-corrected chi connectivity index (χ4v) is 3.02. The highest BCUT2D eigenvalue weighted by Gasteiger charge is 2.20. The maximum Gasteiger partial charge on any atom is 0.225 e. The van der Waals surface area contributed by atoms with Crippen LogP contribution in [0.25, 0.3) is 0 Å². The zero-order valence-electron chi connectivity index (χ0n) is 16.5. The smallest absolute Gasteiger partial charge is 0.225 e. The second-order valence-corrected chi connectivity index (χ2v) is 6.42. The highest BCUT2D eigenvalue weighted by atomic mass is 127. The SMILES string of the molecule is CCNC(=NCCOc1cccc(C)c1)N1CCN(c2ncccn2)CC1.I. The van der Waals surface area contributed by atoms with E-state index in [1.807, 2.05) is 24.3 Å². The number of nitrogens with one attached hydrogen (secondary N) is 1.